The lowest BCUT2D eigenvalue weighted by molar-refractivity contribution is -0.126. The largest absolute Gasteiger partial charge is 0.495 e. The molecule has 1 saturated heterocycles. The summed E-state index contributed by atoms with van der Waals surface area (Å²) in [6, 6.07) is 7.90. The second-order valence-corrected chi connectivity index (χ2v) is 8.67. The van der Waals surface area contributed by atoms with Crippen LogP contribution in [0.1, 0.15) is 13.8 Å². The number of para-hydroxylation sites is 2. The second-order valence-electron chi connectivity index (χ2n) is 6.30. The predicted molar refractivity (Wildman–Crippen MR) is 104 cm³/mol. The van der Waals surface area contributed by atoms with E-state index in [0.717, 1.165) is 24.5 Å². The number of carbonyl (C=O) groups excluding carboxylic acids is 1. The highest BCUT2D eigenvalue weighted by molar-refractivity contribution is 6.68. The van der Waals surface area contributed by atoms with Gasteiger partial charge >= 0.3 is 0 Å². The van der Waals surface area contributed by atoms with Gasteiger partial charge in [-0.3, -0.25) is 9.69 Å². The van der Waals surface area contributed by atoms with Gasteiger partial charge in [0, 0.05) is 32.1 Å². The fourth-order valence-electron chi connectivity index (χ4n) is 2.79. The molecule has 0 bridgehead atoms. The predicted octanol–water partition coefficient (Wildman–Crippen LogP) is 3.29. The molecule has 25 heavy (non-hydrogen) atoms. The highest BCUT2D eigenvalue weighted by atomic mass is 35.6. The summed E-state index contributed by atoms with van der Waals surface area (Å²) in [7, 11) is 1.66. The number of piperazine rings is 1. The van der Waals surface area contributed by atoms with Gasteiger partial charge in [-0.2, -0.15) is 0 Å². The van der Waals surface area contributed by atoms with E-state index in [9.17, 15) is 4.79 Å². The van der Waals surface area contributed by atoms with Crippen molar-refractivity contribution < 1.29 is 9.53 Å². The highest BCUT2D eigenvalue weighted by Gasteiger charge is 2.40. The summed E-state index contributed by atoms with van der Waals surface area (Å²) in [5, 5.41) is 2.85. The zero-order valence-electron chi connectivity index (χ0n) is 14.6. The molecular weight excluding hydrogens is 385 g/mol. The van der Waals surface area contributed by atoms with E-state index < -0.39 is 9.96 Å². The number of amides is 1. The van der Waals surface area contributed by atoms with E-state index in [4.69, 9.17) is 39.5 Å². The number of rotatable bonds is 5. The molecule has 2 rings (SSSR count). The molecule has 1 atom stereocenters. The second kappa shape index (κ2) is 8.67. The normalized spacial score (nSPS) is 17.5. The third-order valence-corrected chi connectivity index (χ3v) is 4.84. The molecule has 1 amide bonds. The van der Waals surface area contributed by atoms with Crippen molar-refractivity contribution >= 4 is 46.4 Å². The molecule has 0 unspecified atom stereocenters. The van der Waals surface area contributed by atoms with Crippen LogP contribution in [0.2, 0.25) is 0 Å². The SMILES string of the molecule is COc1ccccc1N1CCN([C@@H](NC(=O)C(C)C)C(Cl)(Cl)Cl)CC1. The minimum absolute atomic E-state index is 0.136. The number of carbonyl (C=O) groups is 1. The Kier molecular flexibility index (Phi) is 7.09. The molecule has 0 saturated carbocycles. The molecule has 8 heteroatoms. The van der Waals surface area contributed by atoms with Crippen molar-refractivity contribution in [3.8, 4) is 5.75 Å². The number of methoxy groups -OCH3 is 1. The summed E-state index contributed by atoms with van der Waals surface area (Å²) in [6.45, 7) is 6.43. The first kappa shape index (κ1) is 20.4. The topological polar surface area (TPSA) is 44.8 Å². The number of hydrogen-bond donors (Lipinski definition) is 1. The van der Waals surface area contributed by atoms with Crippen molar-refractivity contribution in [2.24, 2.45) is 5.92 Å². The van der Waals surface area contributed by atoms with E-state index in [1.54, 1.807) is 7.11 Å². The molecule has 1 fully saturated rings. The van der Waals surface area contributed by atoms with Gasteiger partial charge in [-0.15, -0.1) is 0 Å². The van der Waals surface area contributed by atoms with Crippen LogP contribution in [0.25, 0.3) is 0 Å². The molecule has 1 N–H and O–H groups in total. The van der Waals surface area contributed by atoms with Crippen LogP contribution in [-0.4, -0.2) is 54.1 Å². The van der Waals surface area contributed by atoms with E-state index in [-0.39, 0.29) is 11.8 Å². The molecule has 5 nitrogen and oxygen atoms in total. The molecule has 1 aromatic rings. The van der Waals surface area contributed by atoms with Crippen molar-refractivity contribution in [1.82, 2.24) is 10.2 Å². The van der Waals surface area contributed by atoms with Crippen LogP contribution in [0.3, 0.4) is 0 Å². The minimum Gasteiger partial charge on any atom is -0.495 e. The molecule has 140 valence electrons. The quantitative estimate of drug-likeness (QED) is 0.759. The molecule has 1 aliphatic heterocycles. The zero-order chi connectivity index (χ0) is 18.6. The number of anilines is 1. The zero-order valence-corrected chi connectivity index (χ0v) is 16.9. The lowest BCUT2D eigenvalue weighted by Gasteiger charge is -2.42. The Hall–Kier alpha value is -0.880. The highest BCUT2D eigenvalue weighted by Crippen LogP contribution is 2.34. The van der Waals surface area contributed by atoms with E-state index in [2.05, 4.69) is 10.2 Å². The van der Waals surface area contributed by atoms with Crippen LogP contribution >= 0.6 is 34.8 Å². The van der Waals surface area contributed by atoms with Gasteiger partial charge in [0.15, 0.2) is 0 Å². The summed E-state index contributed by atoms with van der Waals surface area (Å²) in [6.07, 6.45) is -0.660. The average Bonchev–Trinajstić information content (AvgIpc) is 2.58. The van der Waals surface area contributed by atoms with E-state index in [1.165, 1.54) is 0 Å². The Balaban J connectivity index is 2.06. The number of halogens is 3. The number of alkyl halides is 3. The Morgan fingerprint density at radius 2 is 1.76 bits per heavy atom. The van der Waals surface area contributed by atoms with Gasteiger partial charge in [0.05, 0.1) is 12.8 Å². The van der Waals surface area contributed by atoms with Gasteiger partial charge in [-0.25, -0.2) is 0 Å². The van der Waals surface area contributed by atoms with Crippen molar-refractivity contribution in [3.63, 3.8) is 0 Å². The monoisotopic (exact) mass is 407 g/mol. The van der Waals surface area contributed by atoms with Crippen molar-refractivity contribution in [2.45, 2.75) is 23.8 Å². The number of benzene rings is 1. The first-order valence-electron chi connectivity index (χ1n) is 8.23. The average molecular weight is 409 g/mol. The Bertz CT molecular complexity index is 585. The van der Waals surface area contributed by atoms with Crippen LogP contribution in [0.4, 0.5) is 5.69 Å². The van der Waals surface area contributed by atoms with Gasteiger partial charge < -0.3 is 15.0 Å². The maximum atomic E-state index is 12.1. The molecule has 1 aromatic carbocycles. The lowest BCUT2D eigenvalue weighted by atomic mass is 10.2. The van der Waals surface area contributed by atoms with Gasteiger partial charge in [0.1, 0.15) is 11.9 Å². The summed E-state index contributed by atoms with van der Waals surface area (Å²) >= 11 is 18.4. The standard InChI is InChI=1S/C17H24Cl3N3O2/c1-12(2)15(24)21-16(17(18,19)20)23-10-8-22(9-11-23)13-6-4-5-7-14(13)25-3/h4-7,12,16H,8-11H2,1-3H3,(H,21,24)/t16-/m1/s1. The van der Waals surface area contributed by atoms with Crippen LogP contribution < -0.4 is 15.0 Å². The molecule has 1 heterocycles. The summed E-state index contributed by atoms with van der Waals surface area (Å²) in [5.74, 6) is 0.523. The van der Waals surface area contributed by atoms with Gasteiger partial charge in [-0.05, 0) is 12.1 Å². The minimum atomic E-state index is -1.60. The van der Waals surface area contributed by atoms with Gasteiger partial charge in [-0.1, -0.05) is 60.8 Å². The first-order valence-corrected chi connectivity index (χ1v) is 9.36. The van der Waals surface area contributed by atoms with E-state index >= 15 is 0 Å². The molecule has 0 radical (unpaired) electrons. The lowest BCUT2D eigenvalue weighted by Crippen LogP contribution is -2.61. The van der Waals surface area contributed by atoms with Gasteiger partial charge in [0.25, 0.3) is 0 Å². The van der Waals surface area contributed by atoms with Crippen LogP contribution in [0, 0.1) is 5.92 Å². The fourth-order valence-corrected chi connectivity index (χ4v) is 3.37. The first-order chi connectivity index (χ1) is 11.7. The Labute approximate surface area is 164 Å². The Morgan fingerprint density at radius 1 is 1.16 bits per heavy atom. The third-order valence-electron chi connectivity index (χ3n) is 4.22. The molecule has 0 aliphatic carbocycles. The van der Waals surface area contributed by atoms with E-state index in [0.29, 0.717) is 13.1 Å². The summed E-state index contributed by atoms with van der Waals surface area (Å²) in [5.41, 5.74) is 1.04. The fraction of sp³-hybridized carbons (Fsp3) is 0.588. The molecule has 0 aromatic heterocycles. The maximum Gasteiger partial charge on any atom is 0.223 e. The molecule has 1 aliphatic rings. The van der Waals surface area contributed by atoms with Crippen molar-refractivity contribution in [2.75, 3.05) is 38.2 Å². The number of hydrogen-bond acceptors (Lipinski definition) is 4. The van der Waals surface area contributed by atoms with E-state index in [1.807, 2.05) is 43.0 Å². The smallest absolute Gasteiger partial charge is 0.223 e. The number of nitrogens with zero attached hydrogens (tertiary/aromatic N) is 2. The van der Waals surface area contributed by atoms with Crippen LogP contribution in [0.5, 0.6) is 5.75 Å². The van der Waals surface area contributed by atoms with Crippen LogP contribution in [-0.2, 0) is 4.79 Å². The Morgan fingerprint density at radius 3 is 2.28 bits per heavy atom. The van der Waals surface area contributed by atoms with Crippen LogP contribution in [0.15, 0.2) is 24.3 Å². The third kappa shape index (κ3) is 5.30. The van der Waals surface area contributed by atoms with Crippen molar-refractivity contribution in [3.05, 3.63) is 24.3 Å². The number of ether oxygens (including phenoxy) is 1. The maximum absolute atomic E-state index is 12.1. The summed E-state index contributed by atoms with van der Waals surface area (Å²) < 4.78 is 3.83. The van der Waals surface area contributed by atoms with Gasteiger partial charge in [0.2, 0.25) is 9.70 Å². The van der Waals surface area contributed by atoms with Crippen molar-refractivity contribution in [1.29, 1.82) is 0 Å². The number of nitrogens with one attached hydrogen (secondary N) is 1. The molecule has 0 spiro atoms. The molecular formula is C17H24Cl3N3O2. The summed E-state index contributed by atoms with van der Waals surface area (Å²) in [4.78, 5) is 16.3.